The highest BCUT2D eigenvalue weighted by atomic mass is 35.5. The number of nitrogens with zero attached hydrogens (tertiary/aromatic N) is 2. The summed E-state index contributed by atoms with van der Waals surface area (Å²) in [7, 11) is 2.07. The van der Waals surface area contributed by atoms with E-state index in [1.165, 1.54) is 0 Å². The Morgan fingerprint density at radius 3 is 3.00 bits per heavy atom. The van der Waals surface area contributed by atoms with Crippen molar-refractivity contribution < 1.29 is 4.74 Å². The highest BCUT2D eigenvalue weighted by Gasteiger charge is 2.20. The van der Waals surface area contributed by atoms with Crippen LogP contribution in [0.5, 0.6) is 0 Å². The quantitative estimate of drug-likeness (QED) is 0.782. The van der Waals surface area contributed by atoms with Crippen molar-refractivity contribution in [3.8, 4) is 0 Å². The number of pyridine rings is 1. The lowest BCUT2D eigenvalue weighted by Gasteiger charge is -2.23. The maximum atomic E-state index is 6.10. The number of likely N-dealkylation sites (N-methyl/N-ethyl adjacent to an activating group) is 1. The molecule has 0 aromatic carbocycles. The Hall–Kier alpha value is -0.350. The van der Waals surface area contributed by atoms with Gasteiger partial charge in [-0.15, -0.1) is 0 Å². The third kappa shape index (κ3) is 2.86. The molecule has 1 saturated heterocycles. The fraction of sp³-hybridized carbons (Fsp3) is 0.545. The van der Waals surface area contributed by atoms with Crippen LogP contribution in [0.25, 0.3) is 0 Å². The zero-order valence-electron chi connectivity index (χ0n) is 9.12. The number of rotatable bonds is 3. The van der Waals surface area contributed by atoms with Crippen molar-refractivity contribution in [2.75, 3.05) is 20.3 Å². The molecule has 3 nitrogen and oxygen atoms in total. The van der Waals surface area contributed by atoms with Crippen LogP contribution in [0.3, 0.4) is 0 Å². The summed E-state index contributed by atoms with van der Waals surface area (Å²) in [5.74, 6) is 0. The largest absolute Gasteiger partial charge is 0.380 e. The molecule has 2 heterocycles. The average Bonchev–Trinajstić information content (AvgIpc) is 2.75. The van der Waals surface area contributed by atoms with E-state index in [9.17, 15) is 0 Å². The van der Waals surface area contributed by atoms with E-state index < -0.39 is 0 Å². The molecule has 88 valence electrons. The van der Waals surface area contributed by atoms with Crippen LogP contribution in [-0.4, -0.2) is 36.2 Å². The van der Waals surface area contributed by atoms with E-state index in [-0.39, 0.29) is 0 Å². The number of ether oxygens (including phenoxy) is 1. The van der Waals surface area contributed by atoms with Gasteiger partial charge in [0.05, 0.1) is 6.61 Å². The first-order chi connectivity index (χ1) is 7.66. The molecule has 1 aromatic rings. The third-order valence-corrected chi connectivity index (χ3v) is 3.40. The maximum absolute atomic E-state index is 6.10. The normalized spacial score (nSPS) is 20.6. The minimum Gasteiger partial charge on any atom is -0.380 e. The summed E-state index contributed by atoms with van der Waals surface area (Å²) in [6, 6.07) is 2.16. The number of aromatic nitrogens is 1. The lowest BCUT2D eigenvalue weighted by Crippen LogP contribution is -2.31. The van der Waals surface area contributed by atoms with Crippen LogP contribution < -0.4 is 0 Å². The van der Waals surface area contributed by atoms with Crippen LogP contribution in [0.1, 0.15) is 12.0 Å². The molecule has 1 aliphatic rings. The van der Waals surface area contributed by atoms with E-state index >= 15 is 0 Å². The van der Waals surface area contributed by atoms with Gasteiger partial charge in [-0.2, -0.15) is 0 Å². The molecular weight excluding hydrogens is 247 g/mol. The Morgan fingerprint density at radius 2 is 2.38 bits per heavy atom. The fourth-order valence-corrected chi connectivity index (χ4v) is 2.25. The minimum atomic E-state index is 0.431. The maximum Gasteiger partial charge on any atom is 0.130 e. The van der Waals surface area contributed by atoms with Crippen LogP contribution in [0.2, 0.25) is 10.2 Å². The van der Waals surface area contributed by atoms with E-state index in [4.69, 9.17) is 27.9 Å². The number of halogens is 2. The minimum absolute atomic E-state index is 0.431. The zero-order valence-corrected chi connectivity index (χ0v) is 10.6. The van der Waals surface area contributed by atoms with Gasteiger partial charge >= 0.3 is 0 Å². The molecule has 0 radical (unpaired) electrons. The summed E-state index contributed by atoms with van der Waals surface area (Å²) in [6.07, 6.45) is 2.81. The number of hydrogen-bond donors (Lipinski definition) is 0. The third-order valence-electron chi connectivity index (χ3n) is 2.85. The van der Waals surface area contributed by atoms with E-state index in [1.807, 2.05) is 0 Å². The molecule has 1 unspecified atom stereocenters. The predicted octanol–water partition coefficient (Wildman–Crippen LogP) is 2.61. The van der Waals surface area contributed by atoms with Crippen LogP contribution >= 0.6 is 23.2 Å². The summed E-state index contributed by atoms with van der Waals surface area (Å²) in [6.45, 7) is 2.42. The SMILES string of the molecule is CN(Cc1cnc(Cl)cc1Cl)C1CCOC1. The van der Waals surface area contributed by atoms with Gasteiger partial charge in [-0.25, -0.2) is 4.98 Å². The zero-order chi connectivity index (χ0) is 11.5. The fourth-order valence-electron chi connectivity index (χ4n) is 1.82. The van der Waals surface area contributed by atoms with Crippen molar-refractivity contribution in [2.24, 2.45) is 0 Å². The van der Waals surface area contributed by atoms with Gasteiger partial charge in [0.15, 0.2) is 0 Å². The summed E-state index contributed by atoms with van der Waals surface area (Å²) in [5, 5.41) is 1.10. The van der Waals surface area contributed by atoms with Crippen molar-refractivity contribution in [3.63, 3.8) is 0 Å². The molecular formula is C11H14Cl2N2O. The molecule has 0 spiro atoms. The Morgan fingerprint density at radius 1 is 1.56 bits per heavy atom. The second-order valence-corrected chi connectivity index (χ2v) is 4.83. The smallest absolute Gasteiger partial charge is 0.130 e. The molecule has 1 aromatic heterocycles. The molecule has 0 saturated carbocycles. The molecule has 1 aliphatic heterocycles. The van der Waals surface area contributed by atoms with Gasteiger partial charge in [-0.3, -0.25) is 4.90 Å². The van der Waals surface area contributed by atoms with E-state index in [0.717, 1.165) is 31.7 Å². The van der Waals surface area contributed by atoms with Crippen LogP contribution in [-0.2, 0) is 11.3 Å². The standard InChI is InChI=1S/C11H14Cl2N2O/c1-15(9-2-3-16-7-9)6-8-5-14-11(13)4-10(8)12/h4-5,9H,2-3,6-7H2,1H3. The van der Waals surface area contributed by atoms with E-state index in [1.54, 1.807) is 12.3 Å². The molecule has 0 amide bonds. The molecule has 5 heteroatoms. The topological polar surface area (TPSA) is 25.4 Å². The Labute approximate surface area is 105 Å². The first kappa shape index (κ1) is 12.1. The Balaban J connectivity index is 2.02. The van der Waals surface area contributed by atoms with Crippen molar-refractivity contribution in [1.29, 1.82) is 0 Å². The summed E-state index contributed by atoms with van der Waals surface area (Å²) < 4.78 is 5.35. The average molecular weight is 261 g/mol. The van der Waals surface area contributed by atoms with Gasteiger partial charge in [-0.1, -0.05) is 23.2 Å². The highest BCUT2D eigenvalue weighted by molar-refractivity contribution is 6.34. The second-order valence-electron chi connectivity index (χ2n) is 4.03. The number of hydrogen-bond acceptors (Lipinski definition) is 3. The molecule has 0 aliphatic carbocycles. The van der Waals surface area contributed by atoms with Crippen molar-refractivity contribution >= 4 is 23.2 Å². The predicted molar refractivity (Wildman–Crippen MR) is 64.9 cm³/mol. The summed E-state index contributed by atoms with van der Waals surface area (Å²) >= 11 is 11.8. The summed E-state index contributed by atoms with van der Waals surface area (Å²) in [4.78, 5) is 6.28. The van der Waals surface area contributed by atoms with Crippen LogP contribution in [0, 0.1) is 0 Å². The molecule has 0 N–H and O–H groups in total. The Kier molecular flexibility index (Phi) is 4.03. The van der Waals surface area contributed by atoms with Gasteiger partial charge < -0.3 is 4.74 Å². The van der Waals surface area contributed by atoms with Gasteiger partial charge in [0, 0.05) is 36.0 Å². The highest BCUT2D eigenvalue weighted by Crippen LogP contribution is 2.21. The molecule has 2 rings (SSSR count). The lowest BCUT2D eigenvalue weighted by atomic mass is 10.2. The first-order valence-electron chi connectivity index (χ1n) is 5.24. The molecule has 16 heavy (non-hydrogen) atoms. The second kappa shape index (κ2) is 5.32. The molecule has 1 atom stereocenters. The monoisotopic (exact) mass is 260 g/mol. The Bertz CT molecular complexity index is 367. The van der Waals surface area contributed by atoms with E-state index in [0.29, 0.717) is 16.2 Å². The van der Waals surface area contributed by atoms with Crippen LogP contribution in [0.4, 0.5) is 0 Å². The molecule has 0 bridgehead atoms. The summed E-state index contributed by atoms with van der Waals surface area (Å²) in [5.41, 5.74) is 1.00. The van der Waals surface area contributed by atoms with Crippen molar-refractivity contribution in [2.45, 2.75) is 19.0 Å². The van der Waals surface area contributed by atoms with Gasteiger partial charge in [0.1, 0.15) is 5.15 Å². The van der Waals surface area contributed by atoms with Crippen LogP contribution in [0.15, 0.2) is 12.3 Å². The van der Waals surface area contributed by atoms with Gasteiger partial charge in [0.2, 0.25) is 0 Å². The van der Waals surface area contributed by atoms with Crippen molar-refractivity contribution in [1.82, 2.24) is 9.88 Å². The van der Waals surface area contributed by atoms with E-state index in [2.05, 4.69) is 16.9 Å². The van der Waals surface area contributed by atoms with Crippen molar-refractivity contribution in [3.05, 3.63) is 28.0 Å². The molecule has 1 fully saturated rings. The lowest BCUT2D eigenvalue weighted by molar-refractivity contribution is 0.156. The van der Waals surface area contributed by atoms with Gasteiger partial charge in [-0.05, 0) is 19.5 Å². The first-order valence-corrected chi connectivity index (χ1v) is 6.00. The van der Waals surface area contributed by atoms with Gasteiger partial charge in [0.25, 0.3) is 0 Å².